The summed E-state index contributed by atoms with van der Waals surface area (Å²) in [5.74, 6) is 0. The minimum Gasteiger partial charge on any atom is -0.313 e. The number of likely N-dealkylation sites (N-methyl/N-ethyl adjacent to an activating group) is 1. The van der Waals surface area contributed by atoms with E-state index >= 15 is 0 Å². The number of hydrogen-bond donors (Lipinski definition) is 1. The molecule has 2 aromatic heterocycles. The fourth-order valence-electron chi connectivity index (χ4n) is 2.04. The Bertz CT molecular complexity index is 518. The van der Waals surface area contributed by atoms with Gasteiger partial charge in [0.2, 0.25) is 0 Å². The van der Waals surface area contributed by atoms with Crippen molar-refractivity contribution in [1.82, 2.24) is 15.1 Å². The Morgan fingerprint density at radius 1 is 1.50 bits per heavy atom. The molecule has 2 aromatic rings. The molecule has 0 radical (unpaired) electrons. The molecule has 0 saturated heterocycles. The van der Waals surface area contributed by atoms with Gasteiger partial charge < -0.3 is 5.32 Å². The maximum absolute atomic E-state index is 4.50. The van der Waals surface area contributed by atoms with Gasteiger partial charge in [0.25, 0.3) is 0 Å². The predicted molar refractivity (Wildman–Crippen MR) is 80.1 cm³/mol. The Balaban J connectivity index is 2.17. The lowest BCUT2D eigenvalue weighted by Crippen LogP contribution is -2.19. The second kappa shape index (κ2) is 5.99. The number of aryl methyl sites for hydroxylation is 2. The summed E-state index contributed by atoms with van der Waals surface area (Å²) in [5, 5.41) is 10.1. The zero-order valence-corrected chi connectivity index (χ0v) is 13.3. The molecule has 1 unspecified atom stereocenters. The monoisotopic (exact) mass is 327 g/mol. The Kier molecular flexibility index (Phi) is 4.59. The summed E-state index contributed by atoms with van der Waals surface area (Å²) < 4.78 is 3.17. The molecule has 0 fully saturated rings. The normalized spacial score (nSPS) is 12.9. The Morgan fingerprint density at radius 3 is 2.78 bits per heavy atom. The van der Waals surface area contributed by atoms with E-state index in [9.17, 15) is 0 Å². The first-order valence-corrected chi connectivity index (χ1v) is 7.74. The van der Waals surface area contributed by atoms with Crippen molar-refractivity contribution in [2.75, 3.05) is 7.05 Å². The lowest BCUT2D eigenvalue weighted by atomic mass is 10.1. The van der Waals surface area contributed by atoms with Crippen molar-refractivity contribution >= 4 is 27.3 Å². The number of thiophene rings is 1. The number of halogens is 1. The third kappa shape index (κ3) is 3.02. The Morgan fingerprint density at radius 2 is 2.28 bits per heavy atom. The van der Waals surface area contributed by atoms with Gasteiger partial charge in [-0.05, 0) is 52.5 Å². The maximum atomic E-state index is 4.50. The van der Waals surface area contributed by atoms with Crippen LogP contribution in [0.2, 0.25) is 0 Å². The molecule has 1 N–H and O–H groups in total. The van der Waals surface area contributed by atoms with Crippen LogP contribution >= 0.6 is 27.3 Å². The summed E-state index contributed by atoms with van der Waals surface area (Å²) in [4.78, 5) is 0. The standard InChI is InChI=1S/C13H18BrN3S/c1-4-10-6-11(17(3)16-10)7-12(15-2)9-5-13(14)18-8-9/h5-6,8,12,15H,4,7H2,1-3H3. The van der Waals surface area contributed by atoms with Gasteiger partial charge in [-0.3, -0.25) is 4.68 Å². The highest BCUT2D eigenvalue weighted by molar-refractivity contribution is 9.11. The molecule has 1 atom stereocenters. The highest BCUT2D eigenvalue weighted by Crippen LogP contribution is 2.27. The van der Waals surface area contributed by atoms with Crippen molar-refractivity contribution in [2.24, 2.45) is 7.05 Å². The van der Waals surface area contributed by atoms with E-state index < -0.39 is 0 Å². The Labute approximate surface area is 120 Å². The average Bonchev–Trinajstić information content (AvgIpc) is 2.93. The van der Waals surface area contributed by atoms with Crippen LogP contribution in [0, 0.1) is 0 Å². The fourth-order valence-corrected chi connectivity index (χ4v) is 3.27. The van der Waals surface area contributed by atoms with E-state index in [2.05, 4.69) is 50.8 Å². The molecule has 98 valence electrons. The third-order valence-electron chi connectivity index (χ3n) is 3.14. The predicted octanol–water partition coefficient (Wildman–Crippen LogP) is 3.31. The van der Waals surface area contributed by atoms with Gasteiger partial charge in [0, 0.05) is 25.2 Å². The summed E-state index contributed by atoms with van der Waals surface area (Å²) in [6.07, 6.45) is 1.95. The lowest BCUT2D eigenvalue weighted by Gasteiger charge is -2.14. The summed E-state index contributed by atoms with van der Waals surface area (Å²) >= 11 is 5.24. The molecular formula is C13H18BrN3S. The van der Waals surface area contributed by atoms with Crippen molar-refractivity contribution in [3.05, 3.63) is 38.3 Å². The minimum absolute atomic E-state index is 0.340. The molecule has 0 bridgehead atoms. The fraction of sp³-hybridized carbons (Fsp3) is 0.462. The second-order valence-electron chi connectivity index (χ2n) is 4.33. The largest absolute Gasteiger partial charge is 0.313 e. The van der Waals surface area contributed by atoms with Crippen molar-refractivity contribution in [3.8, 4) is 0 Å². The van der Waals surface area contributed by atoms with Gasteiger partial charge >= 0.3 is 0 Å². The number of rotatable bonds is 5. The quantitative estimate of drug-likeness (QED) is 0.913. The minimum atomic E-state index is 0.340. The lowest BCUT2D eigenvalue weighted by molar-refractivity contribution is 0.562. The molecule has 0 amide bonds. The molecule has 3 nitrogen and oxygen atoms in total. The third-order valence-corrected chi connectivity index (χ3v) is 4.66. The van der Waals surface area contributed by atoms with Gasteiger partial charge in [0.05, 0.1) is 9.48 Å². The average molecular weight is 328 g/mol. The molecule has 0 spiro atoms. The molecule has 0 aliphatic heterocycles. The van der Waals surface area contributed by atoms with Crippen LogP contribution in [0.3, 0.4) is 0 Å². The highest BCUT2D eigenvalue weighted by Gasteiger charge is 2.14. The van der Waals surface area contributed by atoms with E-state index in [1.807, 2.05) is 18.8 Å². The van der Waals surface area contributed by atoms with E-state index in [4.69, 9.17) is 0 Å². The van der Waals surface area contributed by atoms with Crippen LogP contribution in [0.4, 0.5) is 0 Å². The first kappa shape index (κ1) is 13.8. The summed E-state index contributed by atoms with van der Waals surface area (Å²) in [7, 11) is 4.03. The molecule has 18 heavy (non-hydrogen) atoms. The van der Waals surface area contributed by atoms with Gasteiger partial charge in [-0.1, -0.05) is 6.92 Å². The molecular weight excluding hydrogens is 310 g/mol. The van der Waals surface area contributed by atoms with E-state index in [0.29, 0.717) is 6.04 Å². The molecule has 0 saturated carbocycles. The maximum Gasteiger partial charge on any atom is 0.0701 e. The smallest absolute Gasteiger partial charge is 0.0701 e. The van der Waals surface area contributed by atoms with Crippen LogP contribution in [0.15, 0.2) is 21.3 Å². The van der Waals surface area contributed by atoms with Gasteiger partial charge in [0.1, 0.15) is 0 Å². The van der Waals surface area contributed by atoms with Crippen LogP contribution in [0.5, 0.6) is 0 Å². The van der Waals surface area contributed by atoms with Gasteiger partial charge in [-0.25, -0.2) is 0 Å². The Hall–Kier alpha value is -0.650. The number of nitrogens with zero attached hydrogens (tertiary/aromatic N) is 2. The molecule has 0 aliphatic carbocycles. The zero-order valence-electron chi connectivity index (χ0n) is 10.9. The first-order valence-electron chi connectivity index (χ1n) is 6.07. The summed E-state index contributed by atoms with van der Waals surface area (Å²) in [6, 6.07) is 4.72. The van der Waals surface area contributed by atoms with Crippen LogP contribution in [-0.2, 0) is 19.9 Å². The zero-order chi connectivity index (χ0) is 13.1. The second-order valence-corrected chi connectivity index (χ2v) is 6.62. The molecule has 0 aromatic carbocycles. The molecule has 0 aliphatic rings. The summed E-state index contributed by atoms with van der Waals surface area (Å²) in [6.45, 7) is 2.14. The van der Waals surface area contributed by atoms with E-state index in [0.717, 1.165) is 18.5 Å². The van der Waals surface area contributed by atoms with Gasteiger partial charge in [-0.15, -0.1) is 11.3 Å². The van der Waals surface area contributed by atoms with Crippen LogP contribution in [-0.4, -0.2) is 16.8 Å². The van der Waals surface area contributed by atoms with Crippen LogP contribution in [0.25, 0.3) is 0 Å². The van der Waals surface area contributed by atoms with Crippen molar-refractivity contribution in [1.29, 1.82) is 0 Å². The van der Waals surface area contributed by atoms with Crippen molar-refractivity contribution in [2.45, 2.75) is 25.8 Å². The molecule has 2 heterocycles. The summed E-state index contributed by atoms with van der Waals surface area (Å²) in [5.41, 5.74) is 3.76. The van der Waals surface area contributed by atoms with E-state index in [1.165, 1.54) is 15.0 Å². The van der Waals surface area contributed by atoms with E-state index in [-0.39, 0.29) is 0 Å². The first-order chi connectivity index (χ1) is 8.63. The van der Waals surface area contributed by atoms with Gasteiger partial charge in [0.15, 0.2) is 0 Å². The topological polar surface area (TPSA) is 29.9 Å². The van der Waals surface area contributed by atoms with Crippen molar-refractivity contribution in [3.63, 3.8) is 0 Å². The van der Waals surface area contributed by atoms with Crippen molar-refractivity contribution < 1.29 is 0 Å². The SMILES string of the molecule is CCc1cc(CC(NC)c2csc(Br)c2)n(C)n1. The van der Waals surface area contributed by atoms with E-state index in [1.54, 1.807) is 11.3 Å². The van der Waals surface area contributed by atoms with Crippen LogP contribution in [0.1, 0.15) is 29.9 Å². The van der Waals surface area contributed by atoms with Gasteiger partial charge in [-0.2, -0.15) is 5.10 Å². The number of aromatic nitrogens is 2. The number of nitrogens with one attached hydrogen (secondary N) is 1. The number of hydrogen-bond acceptors (Lipinski definition) is 3. The molecule has 5 heteroatoms. The molecule has 2 rings (SSSR count). The van der Waals surface area contributed by atoms with Crippen LogP contribution < -0.4 is 5.32 Å². The highest BCUT2D eigenvalue weighted by atomic mass is 79.9.